The van der Waals surface area contributed by atoms with E-state index < -0.39 is 0 Å². The molecule has 1 aromatic rings. The van der Waals surface area contributed by atoms with Crippen LogP contribution in [0.2, 0.25) is 0 Å². The molecule has 0 unspecified atom stereocenters. The molecule has 5 nitrogen and oxygen atoms in total. The van der Waals surface area contributed by atoms with Crippen LogP contribution < -0.4 is 14.8 Å². The summed E-state index contributed by atoms with van der Waals surface area (Å²) in [5, 5.41) is 2.90. The van der Waals surface area contributed by atoms with E-state index in [2.05, 4.69) is 19.2 Å². The van der Waals surface area contributed by atoms with Gasteiger partial charge in [0.15, 0.2) is 11.5 Å². The summed E-state index contributed by atoms with van der Waals surface area (Å²) >= 11 is 0. The minimum atomic E-state index is 0.0221. The molecule has 19 heavy (non-hydrogen) atoms. The van der Waals surface area contributed by atoms with Gasteiger partial charge in [-0.15, -0.1) is 0 Å². The van der Waals surface area contributed by atoms with E-state index in [9.17, 15) is 4.79 Å². The summed E-state index contributed by atoms with van der Waals surface area (Å²) in [4.78, 5) is 13.8. The van der Waals surface area contributed by atoms with Gasteiger partial charge in [-0.05, 0) is 38.6 Å². The molecule has 0 aliphatic carbocycles. The summed E-state index contributed by atoms with van der Waals surface area (Å²) in [6.07, 6.45) is 0. The first kappa shape index (κ1) is 13.7. The van der Waals surface area contributed by atoms with Gasteiger partial charge < -0.3 is 14.8 Å². The van der Waals surface area contributed by atoms with Gasteiger partial charge >= 0.3 is 0 Å². The number of hydrogen-bond acceptors (Lipinski definition) is 4. The molecule has 1 aliphatic rings. The van der Waals surface area contributed by atoms with Crippen molar-refractivity contribution in [1.82, 2.24) is 10.2 Å². The Balaban J connectivity index is 1.84. The molecule has 0 aromatic heterocycles. The number of amides is 1. The zero-order chi connectivity index (χ0) is 13.8. The first-order valence-corrected chi connectivity index (χ1v) is 6.41. The summed E-state index contributed by atoms with van der Waals surface area (Å²) < 4.78 is 10.5. The van der Waals surface area contributed by atoms with Crippen molar-refractivity contribution in [3.8, 4) is 11.5 Å². The largest absolute Gasteiger partial charge is 0.454 e. The number of ether oxygens (including phenoxy) is 2. The Morgan fingerprint density at radius 2 is 2.11 bits per heavy atom. The molecule has 0 saturated heterocycles. The second-order valence-corrected chi connectivity index (χ2v) is 4.97. The number of benzene rings is 1. The third-order valence-electron chi connectivity index (χ3n) is 3.20. The third kappa shape index (κ3) is 3.61. The second-order valence-electron chi connectivity index (χ2n) is 4.97. The van der Waals surface area contributed by atoms with Gasteiger partial charge in [-0.1, -0.05) is 6.07 Å². The standard InChI is InChI=1S/C14H20N2O3/c1-10(2)16(3)8-14(17)15-7-11-4-5-12-13(6-11)19-9-18-12/h4-6,10H,7-9H2,1-3H3,(H,15,17). The van der Waals surface area contributed by atoms with Crippen LogP contribution in [0.3, 0.4) is 0 Å². The number of carbonyl (C=O) groups is 1. The number of carbonyl (C=O) groups excluding carboxylic acids is 1. The molecule has 2 rings (SSSR count). The quantitative estimate of drug-likeness (QED) is 0.872. The van der Waals surface area contributed by atoms with Crippen LogP contribution in [-0.2, 0) is 11.3 Å². The molecular formula is C14H20N2O3. The fourth-order valence-corrected chi connectivity index (χ4v) is 1.72. The smallest absolute Gasteiger partial charge is 0.234 e. The normalized spacial score (nSPS) is 13.1. The summed E-state index contributed by atoms with van der Waals surface area (Å²) in [5.41, 5.74) is 1.00. The number of nitrogens with zero attached hydrogens (tertiary/aromatic N) is 1. The van der Waals surface area contributed by atoms with Crippen molar-refractivity contribution in [3.05, 3.63) is 23.8 Å². The van der Waals surface area contributed by atoms with Crippen LogP contribution in [0.25, 0.3) is 0 Å². The van der Waals surface area contributed by atoms with Crippen molar-refractivity contribution in [2.45, 2.75) is 26.4 Å². The maximum Gasteiger partial charge on any atom is 0.234 e. The number of likely N-dealkylation sites (N-methyl/N-ethyl adjacent to an activating group) is 1. The highest BCUT2D eigenvalue weighted by Crippen LogP contribution is 2.32. The lowest BCUT2D eigenvalue weighted by Gasteiger charge is -2.20. The van der Waals surface area contributed by atoms with Crippen LogP contribution in [0.15, 0.2) is 18.2 Å². The minimum Gasteiger partial charge on any atom is -0.454 e. The van der Waals surface area contributed by atoms with E-state index in [1.165, 1.54) is 0 Å². The van der Waals surface area contributed by atoms with Crippen LogP contribution in [-0.4, -0.2) is 37.2 Å². The molecule has 1 amide bonds. The van der Waals surface area contributed by atoms with Gasteiger partial charge in [-0.25, -0.2) is 0 Å². The van der Waals surface area contributed by atoms with Crippen molar-refractivity contribution < 1.29 is 14.3 Å². The van der Waals surface area contributed by atoms with Gasteiger partial charge in [-0.2, -0.15) is 0 Å². The topological polar surface area (TPSA) is 50.8 Å². The second kappa shape index (κ2) is 5.93. The van der Waals surface area contributed by atoms with E-state index in [0.29, 0.717) is 19.1 Å². The molecule has 0 spiro atoms. The Kier molecular flexibility index (Phi) is 4.27. The fourth-order valence-electron chi connectivity index (χ4n) is 1.72. The lowest BCUT2D eigenvalue weighted by molar-refractivity contribution is -0.122. The molecular weight excluding hydrogens is 244 g/mol. The molecule has 0 radical (unpaired) electrons. The molecule has 104 valence electrons. The number of rotatable bonds is 5. The Bertz CT molecular complexity index is 460. The van der Waals surface area contributed by atoms with Crippen LogP contribution >= 0.6 is 0 Å². The van der Waals surface area contributed by atoms with Crippen molar-refractivity contribution in [3.63, 3.8) is 0 Å². The van der Waals surface area contributed by atoms with Crippen LogP contribution in [0.5, 0.6) is 11.5 Å². The van der Waals surface area contributed by atoms with E-state index in [1.54, 1.807) is 0 Å². The van der Waals surface area contributed by atoms with E-state index >= 15 is 0 Å². The van der Waals surface area contributed by atoms with E-state index in [0.717, 1.165) is 17.1 Å². The fraction of sp³-hybridized carbons (Fsp3) is 0.500. The summed E-state index contributed by atoms with van der Waals surface area (Å²) in [5.74, 6) is 1.52. The molecule has 0 atom stereocenters. The van der Waals surface area contributed by atoms with Crippen LogP contribution in [0, 0.1) is 0 Å². The number of fused-ring (bicyclic) bond motifs is 1. The Morgan fingerprint density at radius 3 is 2.84 bits per heavy atom. The van der Waals surface area contributed by atoms with Crippen molar-refractivity contribution in [2.75, 3.05) is 20.4 Å². The highest BCUT2D eigenvalue weighted by atomic mass is 16.7. The number of hydrogen-bond donors (Lipinski definition) is 1. The lowest BCUT2D eigenvalue weighted by atomic mass is 10.2. The van der Waals surface area contributed by atoms with Crippen molar-refractivity contribution >= 4 is 5.91 Å². The average Bonchev–Trinajstić information content (AvgIpc) is 2.83. The highest BCUT2D eigenvalue weighted by molar-refractivity contribution is 5.78. The number of nitrogens with one attached hydrogen (secondary N) is 1. The molecule has 1 aromatic carbocycles. The summed E-state index contributed by atoms with van der Waals surface area (Å²) in [6, 6.07) is 6.05. The van der Waals surface area contributed by atoms with Gasteiger partial charge in [0.25, 0.3) is 0 Å². The van der Waals surface area contributed by atoms with Crippen LogP contribution in [0.4, 0.5) is 0 Å². The van der Waals surface area contributed by atoms with E-state index in [4.69, 9.17) is 9.47 Å². The zero-order valence-corrected chi connectivity index (χ0v) is 11.6. The Morgan fingerprint density at radius 1 is 1.37 bits per heavy atom. The highest BCUT2D eigenvalue weighted by Gasteiger charge is 2.14. The maximum absolute atomic E-state index is 11.8. The van der Waals surface area contributed by atoms with Crippen molar-refractivity contribution in [2.24, 2.45) is 0 Å². The van der Waals surface area contributed by atoms with E-state index in [-0.39, 0.29) is 12.7 Å². The first-order valence-electron chi connectivity index (χ1n) is 6.41. The predicted molar refractivity (Wildman–Crippen MR) is 72.2 cm³/mol. The summed E-state index contributed by atoms with van der Waals surface area (Å²) in [7, 11) is 1.94. The maximum atomic E-state index is 11.8. The van der Waals surface area contributed by atoms with Crippen LogP contribution in [0.1, 0.15) is 19.4 Å². The van der Waals surface area contributed by atoms with E-state index in [1.807, 2.05) is 30.1 Å². The molecule has 5 heteroatoms. The molecule has 0 saturated carbocycles. The predicted octanol–water partition coefficient (Wildman–Crippen LogP) is 1.37. The van der Waals surface area contributed by atoms with Gasteiger partial charge in [0.1, 0.15) is 0 Å². The Hall–Kier alpha value is -1.75. The molecule has 1 heterocycles. The molecule has 1 aliphatic heterocycles. The summed E-state index contributed by atoms with van der Waals surface area (Å²) in [6.45, 7) is 5.30. The SMILES string of the molecule is CC(C)N(C)CC(=O)NCc1ccc2c(c1)OCO2. The monoisotopic (exact) mass is 264 g/mol. The molecule has 0 bridgehead atoms. The Labute approximate surface area is 113 Å². The molecule has 1 N–H and O–H groups in total. The van der Waals surface area contributed by atoms with Crippen molar-refractivity contribution in [1.29, 1.82) is 0 Å². The lowest BCUT2D eigenvalue weighted by Crippen LogP contribution is -2.38. The third-order valence-corrected chi connectivity index (χ3v) is 3.20. The molecule has 0 fully saturated rings. The van der Waals surface area contributed by atoms with Gasteiger partial charge in [0.2, 0.25) is 12.7 Å². The minimum absolute atomic E-state index is 0.0221. The van der Waals surface area contributed by atoms with Gasteiger partial charge in [-0.3, -0.25) is 9.69 Å². The zero-order valence-electron chi connectivity index (χ0n) is 11.6. The first-order chi connectivity index (χ1) is 9.06. The van der Waals surface area contributed by atoms with Gasteiger partial charge in [0.05, 0.1) is 6.54 Å². The average molecular weight is 264 g/mol. The van der Waals surface area contributed by atoms with Gasteiger partial charge in [0, 0.05) is 12.6 Å².